The van der Waals surface area contributed by atoms with Crippen LogP contribution >= 0.6 is 0 Å². The second-order valence-electron chi connectivity index (χ2n) is 8.95. The monoisotopic (exact) mass is 375 g/mol. The smallest absolute Gasteiger partial charge is 0.0720 e. The lowest BCUT2D eigenvalue weighted by molar-refractivity contribution is -0.0939. The van der Waals surface area contributed by atoms with Crippen LogP contribution in [0.2, 0.25) is 0 Å². The first kappa shape index (κ1) is 22.4. The van der Waals surface area contributed by atoms with Crippen LogP contribution in [0, 0.1) is 10.8 Å². The Morgan fingerprint density at radius 2 is 1.56 bits per heavy atom. The van der Waals surface area contributed by atoms with E-state index in [9.17, 15) is 0 Å². The summed E-state index contributed by atoms with van der Waals surface area (Å²) in [6.45, 7) is 8.30. The van der Waals surface area contributed by atoms with Crippen molar-refractivity contribution in [2.45, 2.75) is 97.4 Å². The topological polar surface area (TPSA) is 55.5 Å². The summed E-state index contributed by atoms with van der Waals surface area (Å²) in [4.78, 5) is 0. The zero-order valence-electron chi connectivity index (χ0n) is 17.8. The van der Waals surface area contributed by atoms with E-state index in [0.29, 0.717) is 16.9 Å². The molecule has 0 atom stereocenters. The molecule has 0 aromatic heterocycles. The van der Waals surface area contributed by atoms with Crippen LogP contribution in [0.4, 0.5) is 0 Å². The first-order chi connectivity index (χ1) is 13.0. The quantitative estimate of drug-likeness (QED) is 0.603. The number of aliphatic hydroxyl groups excluding tert-OH is 1. The van der Waals surface area contributed by atoms with Gasteiger partial charge >= 0.3 is 0 Å². The minimum atomic E-state index is -0.0601. The molecule has 0 unspecified atom stereocenters. The summed E-state index contributed by atoms with van der Waals surface area (Å²) in [5, 5.41) is 9.09. The van der Waals surface area contributed by atoms with Gasteiger partial charge in [-0.2, -0.15) is 0 Å². The molecule has 0 spiro atoms. The van der Waals surface area contributed by atoms with E-state index >= 15 is 0 Å². The van der Waals surface area contributed by atoms with Crippen molar-refractivity contribution in [1.29, 1.82) is 0 Å². The minimum Gasteiger partial charge on any atom is -0.393 e. The van der Waals surface area contributed by atoms with Crippen molar-refractivity contribution in [3.8, 4) is 0 Å². The average Bonchev–Trinajstić information content (AvgIpc) is 2.63. The van der Waals surface area contributed by atoms with Crippen molar-refractivity contribution in [2.75, 3.05) is 6.54 Å². The number of rotatable bonds is 9. The van der Waals surface area contributed by atoms with Gasteiger partial charge in [0.05, 0.1) is 18.8 Å². The molecular formula is C24H41NO2. The molecule has 0 heterocycles. The van der Waals surface area contributed by atoms with Crippen molar-refractivity contribution < 1.29 is 9.84 Å². The van der Waals surface area contributed by atoms with Crippen LogP contribution in [0.15, 0.2) is 30.3 Å². The van der Waals surface area contributed by atoms with Crippen LogP contribution in [0.1, 0.15) is 84.1 Å². The Balaban J connectivity index is 0.000000223. The number of nitrogens with two attached hydrogens (primary N) is 1. The zero-order valence-corrected chi connectivity index (χ0v) is 17.8. The summed E-state index contributed by atoms with van der Waals surface area (Å²) in [5.74, 6) is 0. The first-order valence-corrected chi connectivity index (χ1v) is 11.0. The summed E-state index contributed by atoms with van der Waals surface area (Å²) in [6, 6.07) is 10.5. The van der Waals surface area contributed by atoms with Crippen molar-refractivity contribution in [1.82, 2.24) is 0 Å². The molecule has 154 valence electrons. The standard InChI is InChI=1S/C16H24O.C8H17NO/c1-3-10-16(4-2)11-15(12-16)17-13-14-8-6-5-7-9-14;1-2-3-8(6-9)4-7(10)5-8/h5-9,15H,3-4,10-13H2,1-2H3;7,10H,2-6,9H2,1H3. The SMILES string of the molecule is CCCC1(CC)CC(OCc2ccccc2)C1.CCCC1(CN)CC(O)C1. The third-order valence-corrected chi connectivity index (χ3v) is 6.73. The first-order valence-electron chi connectivity index (χ1n) is 11.0. The van der Waals surface area contributed by atoms with Crippen LogP contribution in [-0.4, -0.2) is 23.9 Å². The van der Waals surface area contributed by atoms with Gasteiger partial charge in [0.2, 0.25) is 0 Å². The molecule has 0 aliphatic heterocycles. The van der Waals surface area contributed by atoms with Crippen molar-refractivity contribution >= 4 is 0 Å². The molecule has 3 heteroatoms. The van der Waals surface area contributed by atoms with Gasteiger partial charge in [0.1, 0.15) is 0 Å². The maximum Gasteiger partial charge on any atom is 0.0720 e. The fourth-order valence-corrected chi connectivity index (χ4v) is 4.96. The van der Waals surface area contributed by atoms with Gasteiger partial charge in [-0.3, -0.25) is 0 Å². The highest BCUT2D eigenvalue weighted by atomic mass is 16.5. The van der Waals surface area contributed by atoms with Gasteiger partial charge in [0.15, 0.2) is 0 Å². The minimum absolute atomic E-state index is 0.0601. The maximum absolute atomic E-state index is 9.09. The van der Waals surface area contributed by atoms with E-state index in [1.165, 1.54) is 50.5 Å². The van der Waals surface area contributed by atoms with Gasteiger partial charge < -0.3 is 15.6 Å². The zero-order chi connectivity index (χ0) is 19.8. The molecule has 0 bridgehead atoms. The molecule has 1 aromatic rings. The molecule has 3 nitrogen and oxygen atoms in total. The van der Waals surface area contributed by atoms with Gasteiger partial charge in [-0.15, -0.1) is 0 Å². The van der Waals surface area contributed by atoms with E-state index in [1.807, 2.05) is 0 Å². The van der Waals surface area contributed by atoms with Gasteiger partial charge in [0.25, 0.3) is 0 Å². The largest absolute Gasteiger partial charge is 0.393 e. The van der Waals surface area contributed by atoms with Crippen LogP contribution in [0.3, 0.4) is 0 Å². The molecule has 0 radical (unpaired) electrons. The molecule has 2 saturated carbocycles. The number of aliphatic hydroxyl groups is 1. The predicted octanol–water partition coefficient (Wildman–Crippen LogP) is 5.45. The lowest BCUT2D eigenvalue weighted by Gasteiger charge is -2.47. The Kier molecular flexibility index (Phi) is 8.78. The Labute approximate surface area is 166 Å². The Bertz CT molecular complexity index is 513. The molecule has 2 fully saturated rings. The van der Waals surface area contributed by atoms with Crippen LogP contribution in [0.25, 0.3) is 0 Å². The molecule has 3 N–H and O–H groups in total. The third kappa shape index (κ3) is 6.30. The number of benzene rings is 1. The van der Waals surface area contributed by atoms with Crippen LogP contribution in [0.5, 0.6) is 0 Å². The van der Waals surface area contributed by atoms with E-state index in [-0.39, 0.29) is 6.10 Å². The highest BCUT2D eigenvalue weighted by Crippen LogP contribution is 2.49. The van der Waals surface area contributed by atoms with Gasteiger partial charge in [-0.25, -0.2) is 0 Å². The average molecular weight is 376 g/mol. The molecule has 3 rings (SSSR count). The van der Waals surface area contributed by atoms with Gasteiger partial charge in [-0.05, 0) is 61.5 Å². The second-order valence-corrected chi connectivity index (χ2v) is 8.95. The van der Waals surface area contributed by atoms with Crippen molar-refractivity contribution in [3.05, 3.63) is 35.9 Å². The summed E-state index contributed by atoms with van der Waals surface area (Å²) >= 11 is 0. The van der Waals surface area contributed by atoms with Crippen LogP contribution < -0.4 is 5.73 Å². The molecular weight excluding hydrogens is 334 g/mol. The second kappa shape index (κ2) is 10.6. The normalized spacial score (nSPS) is 32.0. The number of ether oxygens (including phenoxy) is 1. The molecule has 0 amide bonds. The Morgan fingerprint density at radius 1 is 0.963 bits per heavy atom. The van der Waals surface area contributed by atoms with E-state index in [0.717, 1.165) is 26.0 Å². The Hall–Kier alpha value is -0.900. The summed E-state index contributed by atoms with van der Waals surface area (Å²) in [5.41, 5.74) is 7.82. The maximum atomic E-state index is 9.09. The predicted molar refractivity (Wildman–Crippen MR) is 114 cm³/mol. The number of hydrogen-bond acceptors (Lipinski definition) is 3. The highest BCUT2D eigenvalue weighted by Gasteiger charge is 2.42. The third-order valence-electron chi connectivity index (χ3n) is 6.73. The molecule has 27 heavy (non-hydrogen) atoms. The van der Waals surface area contributed by atoms with Crippen LogP contribution in [-0.2, 0) is 11.3 Å². The fourth-order valence-electron chi connectivity index (χ4n) is 4.96. The van der Waals surface area contributed by atoms with E-state index in [2.05, 4.69) is 51.1 Å². The molecule has 2 aliphatic carbocycles. The van der Waals surface area contributed by atoms with E-state index in [1.54, 1.807) is 0 Å². The van der Waals surface area contributed by atoms with Gasteiger partial charge in [-0.1, -0.05) is 70.4 Å². The summed E-state index contributed by atoms with van der Waals surface area (Å²) < 4.78 is 5.97. The molecule has 1 aromatic carbocycles. The van der Waals surface area contributed by atoms with Crippen molar-refractivity contribution in [2.24, 2.45) is 16.6 Å². The highest BCUT2D eigenvalue weighted by molar-refractivity contribution is 5.13. The lowest BCUT2D eigenvalue weighted by Crippen LogP contribution is -2.45. The van der Waals surface area contributed by atoms with Crippen molar-refractivity contribution in [3.63, 3.8) is 0 Å². The summed E-state index contributed by atoms with van der Waals surface area (Å²) in [7, 11) is 0. The number of hydrogen-bond donors (Lipinski definition) is 2. The molecule has 2 aliphatic rings. The molecule has 0 saturated heterocycles. The van der Waals surface area contributed by atoms with E-state index < -0.39 is 0 Å². The van der Waals surface area contributed by atoms with Gasteiger partial charge in [0, 0.05) is 0 Å². The Morgan fingerprint density at radius 3 is 2.04 bits per heavy atom. The summed E-state index contributed by atoms with van der Waals surface area (Å²) in [6.07, 6.45) is 11.2. The fraction of sp³-hybridized carbons (Fsp3) is 0.750. The lowest BCUT2D eigenvalue weighted by atomic mass is 9.63. The van der Waals surface area contributed by atoms with E-state index in [4.69, 9.17) is 15.6 Å².